The van der Waals surface area contributed by atoms with E-state index in [1.807, 2.05) is 6.08 Å². The van der Waals surface area contributed by atoms with Gasteiger partial charge in [-0.2, -0.15) is 0 Å². The predicted octanol–water partition coefficient (Wildman–Crippen LogP) is 3.95. The van der Waals surface area contributed by atoms with Crippen LogP contribution in [-0.2, 0) is 14.3 Å². The van der Waals surface area contributed by atoms with Crippen molar-refractivity contribution in [3.63, 3.8) is 0 Å². The van der Waals surface area contributed by atoms with Gasteiger partial charge in [-0.3, -0.25) is 9.59 Å². The third kappa shape index (κ3) is 7.62. The predicted molar refractivity (Wildman–Crippen MR) is 88.1 cm³/mol. The van der Waals surface area contributed by atoms with Crippen molar-refractivity contribution in [2.75, 3.05) is 0 Å². The molecule has 1 N–H and O–H groups in total. The number of carbonyl (C=O) groups excluding carboxylic acids is 2. The van der Waals surface area contributed by atoms with Crippen molar-refractivity contribution in [2.45, 2.75) is 78.7 Å². The number of esters is 1. The maximum Gasteiger partial charge on any atom is 0.306 e. The molecule has 0 aliphatic carbocycles. The molecule has 0 radical (unpaired) electrons. The highest BCUT2D eigenvalue weighted by Gasteiger charge is 2.29. The molecule has 0 fully saturated rings. The third-order valence-corrected chi connectivity index (χ3v) is 4.07. The summed E-state index contributed by atoms with van der Waals surface area (Å²) in [7, 11) is 0. The van der Waals surface area contributed by atoms with E-state index in [2.05, 4.69) is 33.0 Å². The van der Waals surface area contributed by atoms with Crippen LogP contribution < -0.4 is 5.32 Å². The minimum atomic E-state index is -0.112. The fourth-order valence-corrected chi connectivity index (χ4v) is 2.56. The number of nitrogens with one attached hydrogen (secondary N) is 1. The van der Waals surface area contributed by atoms with E-state index in [1.165, 1.54) is 0 Å². The lowest BCUT2D eigenvalue weighted by Crippen LogP contribution is -2.33. The molecule has 0 aromatic carbocycles. The summed E-state index contributed by atoms with van der Waals surface area (Å²) in [5, 5.41) is 2.78. The molecule has 1 amide bonds. The Morgan fingerprint density at radius 2 is 1.91 bits per heavy atom. The van der Waals surface area contributed by atoms with E-state index in [9.17, 15) is 9.59 Å². The second-order valence-corrected chi connectivity index (χ2v) is 7.44. The molecular weight excluding hydrogens is 278 g/mol. The summed E-state index contributed by atoms with van der Waals surface area (Å²) in [6.07, 6.45) is 8.72. The summed E-state index contributed by atoms with van der Waals surface area (Å²) in [5.74, 6) is 0.392. The lowest BCUT2D eigenvalue weighted by molar-refractivity contribution is -0.156. The number of hydrogen-bond acceptors (Lipinski definition) is 3. The summed E-state index contributed by atoms with van der Waals surface area (Å²) in [6, 6.07) is 0. The minimum Gasteiger partial charge on any atom is -0.462 e. The Hall–Kier alpha value is -1.32. The molecule has 1 aliphatic heterocycles. The van der Waals surface area contributed by atoms with Crippen molar-refractivity contribution in [3.05, 3.63) is 12.3 Å². The number of carbonyl (C=O) groups is 2. The average Bonchev–Trinajstić information content (AvgIpc) is 2.40. The Morgan fingerprint density at radius 3 is 2.59 bits per heavy atom. The smallest absolute Gasteiger partial charge is 0.306 e. The molecule has 0 saturated heterocycles. The molecule has 0 saturated carbocycles. The van der Waals surface area contributed by atoms with Crippen LogP contribution in [0.1, 0.15) is 72.6 Å². The third-order valence-electron chi connectivity index (χ3n) is 4.07. The Balaban J connectivity index is 2.70. The van der Waals surface area contributed by atoms with E-state index in [1.54, 1.807) is 6.20 Å². The molecule has 1 unspecified atom stereocenters. The monoisotopic (exact) mass is 309 g/mol. The summed E-state index contributed by atoms with van der Waals surface area (Å²) in [6.45, 7) is 8.51. The van der Waals surface area contributed by atoms with E-state index in [0.29, 0.717) is 18.8 Å². The number of hydrogen-bond donors (Lipinski definition) is 1. The first-order valence-corrected chi connectivity index (χ1v) is 8.43. The fourth-order valence-electron chi connectivity index (χ4n) is 2.56. The van der Waals surface area contributed by atoms with Crippen molar-refractivity contribution < 1.29 is 14.3 Å². The normalized spacial score (nSPS) is 28.0. The van der Waals surface area contributed by atoms with E-state index >= 15 is 0 Å². The molecule has 4 nitrogen and oxygen atoms in total. The maximum atomic E-state index is 12.0. The minimum absolute atomic E-state index is 0.0604. The van der Waals surface area contributed by atoms with Crippen LogP contribution in [0.3, 0.4) is 0 Å². The van der Waals surface area contributed by atoms with Crippen LogP contribution in [0.4, 0.5) is 0 Å². The zero-order valence-corrected chi connectivity index (χ0v) is 14.5. The van der Waals surface area contributed by atoms with E-state index in [4.69, 9.17) is 4.74 Å². The van der Waals surface area contributed by atoms with Gasteiger partial charge in [0.2, 0.25) is 5.91 Å². The number of amides is 1. The average molecular weight is 309 g/mol. The topological polar surface area (TPSA) is 55.4 Å². The molecule has 1 rings (SSSR count). The number of rotatable bonds is 0. The first-order valence-electron chi connectivity index (χ1n) is 8.43. The molecule has 4 heteroatoms. The number of ether oxygens (including phenoxy) is 1. The Labute approximate surface area is 134 Å². The number of cyclic esters (lactones) is 1. The molecule has 1 aliphatic rings. The molecule has 126 valence electrons. The van der Waals surface area contributed by atoms with Gasteiger partial charge in [0, 0.05) is 12.8 Å². The van der Waals surface area contributed by atoms with Crippen LogP contribution >= 0.6 is 0 Å². The quantitative estimate of drug-likeness (QED) is 0.689. The van der Waals surface area contributed by atoms with Crippen molar-refractivity contribution >= 4 is 11.9 Å². The number of allylic oxidation sites excluding steroid dienone is 1. The van der Waals surface area contributed by atoms with Gasteiger partial charge < -0.3 is 10.1 Å². The van der Waals surface area contributed by atoms with E-state index in [0.717, 1.165) is 32.1 Å². The largest absolute Gasteiger partial charge is 0.462 e. The summed E-state index contributed by atoms with van der Waals surface area (Å²) < 4.78 is 5.74. The van der Waals surface area contributed by atoms with Crippen molar-refractivity contribution in [1.82, 2.24) is 5.32 Å². The Kier molecular flexibility index (Phi) is 7.63. The van der Waals surface area contributed by atoms with Crippen LogP contribution in [0, 0.1) is 11.3 Å². The van der Waals surface area contributed by atoms with Gasteiger partial charge in [0.15, 0.2) is 0 Å². The highest BCUT2D eigenvalue weighted by Crippen LogP contribution is 2.30. The van der Waals surface area contributed by atoms with Crippen LogP contribution in [0.15, 0.2) is 12.3 Å². The zero-order valence-electron chi connectivity index (χ0n) is 14.5. The first-order chi connectivity index (χ1) is 10.3. The van der Waals surface area contributed by atoms with Crippen molar-refractivity contribution in [3.8, 4) is 0 Å². The summed E-state index contributed by atoms with van der Waals surface area (Å²) in [5.41, 5.74) is -0.0604. The van der Waals surface area contributed by atoms with Gasteiger partial charge in [-0.1, -0.05) is 40.2 Å². The zero-order chi connectivity index (χ0) is 16.6. The van der Waals surface area contributed by atoms with Crippen molar-refractivity contribution in [1.29, 1.82) is 0 Å². The second-order valence-electron chi connectivity index (χ2n) is 7.44. The van der Waals surface area contributed by atoms with E-state index in [-0.39, 0.29) is 23.4 Å². The molecule has 0 aromatic rings. The molecule has 0 spiro atoms. The first kappa shape index (κ1) is 18.7. The van der Waals surface area contributed by atoms with Gasteiger partial charge in [0.25, 0.3) is 0 Å². The van der Waals surface area contributed by atoms with Crippen LogP contribution in [0.2, 0.25) is 0 Å². The van der Waals surface area contributed by atoms with Gasteiger partial charge in [-0.05, 0) is 43.2 Å². The molecule has 0 aromatic heterocycles. The molecular formula is C18H31NO3. The van der Waals surface area contributed by atoms with Gasteiger partial charge >= 0.3 is 5.97 Å². The summed E-state index contributed by atoms with van der Waals surface area (Å²) in [4.78, 5) is 23.7. The standard InChI is InChI=1S/C18H31NO3/c1-14-9-8-10-16(20)19-12-7-5-6-11-17(21)22-15(13-14)18(2,3)4/h7,12,14-15H,5-6,8-11,13H2,1-4H3,(H,19,20)/b12-7+/t14-,15?/m1/s1. The summed E-state index contributed by atoms with van der Waals surface area (Å²) >= 11 is 0. The highest BCUT2D eigenvalue weighted by molar-refractivity contribution is 5.76. The van der Waals surface area contributed by atoms with Crippen LogP contribution in [0.5, 0.6) is 0 Å². The molecule has 1 heterocycles. The molecule has 2 atom stereocenters. The SMILES string of the molecule is C[C@@H]1CCCC(=O)N/C=C/CCCC(=O)OC(C(C)(C)C)C1. The van der Waals surface area contributed by atoms with Gasteiger partial charge in [-0.25, -0.2) is 0 Å². The second kappa shape index (κ2) is 8.96. The lowest BCUT2D eigenvalue weighted by atomic mass is 9.82. The fraction of sp³-hybridized carbons (Fsp3) is 0.778. The molecule has 0 bridgehead atoms. The van der Waals surface area contributed by atoms with Gasteiger partial charge in [0.1, 0.15) is 6.10 Å². The van der Waals surface area contributed by atoms with Crippen LogP contribution in [-0.4, -0.2) is 18.0 Å². The lowest BCUT2D eigenvalue weighted by Gasteiger charge is -2.32. The van der Waals surface area contributed by atoms with Crippen molar-refractivity contribution in [2.24, 2.45) is 11.3 Å². The van der Waals surface area contributed by atoms with Crippen LogP contribution in [0.25, 0.3) is 0 Å². The van der Waals surface area contributed by atoms with Gasteiger partial charge in [-0.15, -0.1) is 0 Å². The van der Waals surface area contributed by atoms with E-state index < -0.39 is 0 Å². The highest BCUT2D eigenvalue weighted by atomic mass is 16.5. The maximum absolute atomic E-state index is 12.0. The van der Waals surface area contributed by atoms with Gasteiger partial charge in [0.05, 0.1) is 0 Å². The Bertz CT molecular complexity index is 396. The molecule has 22 heavy (non-hydrogen) atoms. The Morgan fingerprint density at radius 1 is 1.18 bits per heavy atom.